The van der Waals surface area contributed by atoms with Gasteiger partial charge in [-0.3, -0.25) is 9.10 Å². The molecule has 0 saturated carbocycles. The molecule has 0 aliphatic rings. The predicted octanol–water partition coefficient (Wildman–Crippen LogP) is 5.45. The first-order valence-corrected chi connectivity index (χ1v) is 13.4. The van der Waals surface area contributed by atoms with Gasteiger partial charge in [0.05, 0.1) is 17.2 Å². The molecule has 0 radical (unpaired) electrons. The maximum atomic E-state index is 13.4. The number of ether oxygens (including phenoxy) is 1. The van der Waals surface area contributed by atoms with Crippen LogP contribution in [0, 0.1) is 0 Å². The summed E-state index contributed by atoms with van der Waals surface area (Å²) in [6.07, 6.45) is 1.49. The van der Waals surface area contributed by atoms with E-state index in [-0.39, 0.29) is 17.3 Å². The molecule has 0 unspecified atom stereocenters. The number of rotatable bonds is 11. The van der Waals surface area contributed by atoms with Gasteiger partial charge in [-0.1, -0.05) is 39.7 Å². The van der Waals surface area contributed by atoms with Gasteiger partial charge in [0.1, 0.15) is 12.3 Å². The molecule has 6 nitrogen and oxygen atoms in total. The number of halogens is 2. The van der Waals surface area contributed by atoms with Crippen molar-refractivity contribution in [1.82, 2.24) is 5.32 Å². The number of nitrogens with one attached hydrogen (secondary N) is 1. The molecule has 1 N–H and O–H groups in total. The van der Waals surface area contributed by atoms with Crippen LogP contribution in [0.1, 0.15) is 18.9 Å². The van der Waals surface area contributed by atoms with Gasteiger partial charge in [-0.25, -0.2) is 8.42 Å². The lowest BCUT2D eigenvalue weighted by molar-refractivity contribution is -0.119. The molecule has 0 fully saturated rings. The van der Waals surface area contributed by atoms with Crippen molar-refractivity contribution in [2.45, 2.75) is 24.7 Å². The van der Waals surface area contributed by atoms with Crippen molar-refractivity contribution >= 4 is 49.1 Å². The van der Waals surface area contributed by atoms with Gasteiger partial charge in [0, 0.05) is 16.0 Å². The van der Waals surface area contributed by atoms with Crippen LogP contribution in [-0.2, 0) is 21.2 Å². The third-order valence-corrected chi connectivity index (χ3v) is 7.57. The molecule has 0 spiro atoms. The summed E-state index contributed by atoms with van der Waals surface area (Å²) in [7, 11) is -3.97. The zero-order valence-electron chi connectivity index (χ0n) is 18.7. The van der Waals surface area contributed by atoms with Crippen molar-refractivity contribution in [1.29, 1.82) is 0 Å². The highest BCUT2D eigenvalue weighted by atomic mass is 79.9. The number of benzene rings is 3. The maximum Gasteiger partial charge on any atom is 0.264 e. The van der Waals surface area contributed by atoms with E-state index in [0.29, 0.717) is 29.6 Å². The molecule has 9 heteroatoms. The van der Waals surface area contributed by atoms with E-state index >= 15 is 0 Å². The maximum absolute atomic E-state index is 13.4. The smallest absolute Gasteiger partial charge is 0.264 e. The summed E-state index contributed by atoms with van der Waals surface area (Å²) in [4.78, 5) is 12.8. The molecule has 0 aliphatic carbocycles. The predicted molar refractivity (Wildman–Crippen MR) is 139 cm³/mol. The van der Waals surface area contributed by atoms with E-state index in [1.165, 1.54) is 12.1 Å². The number of carbonyl (C=O) groups excluding carboxylic acids is 1. The largest absolute Gasteiger partial charge is 0.494 e. The number of sulfonamides is 1. The Bertz CT molecular complexity index is 1190. The van der Waals surface area contributed by atoms with E-state index < -0.39 is 10.0 Å². The third-order valence-electron chi connectivity index (χ3n) is 5.00. The van der Waals surface area contributed by atoms with Crippen LogP contribution in [0.25, 0.3) is 0 Å². The first-order chi connectivity index (χ1) is 16.3. The number of carbonyl (C=O) groups is 1. The number of anilines is 1. The van der Waals surface area contributed by atoms with Gasteiger partial charge in [0.25, 0.3) is 10.0 Å². The lowest BCUT2D eigenvalue weighted by Crippen LogP contribution is -2.41. The second kappa shape index (κ2) is 12.2. The van der Waals surface area contributed by atoms with Crippen LogP contribution < -0.4 is 14.4 Å². The Morgan fingerprint density at radius 2 is 1.65 bits per heavy atom. The van der Waals surface area contributed by atoms with Crippen LogP contribution in [0.3, 0.4) is 0 Å². The van der Waals surface area contributed by atoms with Gasteiger partial charge < -0.3 is 10.1 Å². The average molecular weight is 566 g/mol. The Hall–Kier alpha value is -2.55. The molecular weight excluding hydrogens is 540 g/mol. The lowest BCUT2D eigenvalue weighted by Gasteiger charge is -2.24. The molecule has 3 aromatic carbocycles. The summed E-state index contributed by atoms with van der Waals surface area (Å²) in [6.45, 7) is 2.46. The summed E-state index contributed by atoms with van der Waals surface area (Å²) in [5, 5.41) is 3.50. The topological polar surface area (TPSA) is 75.7 Å². The SMILES string of the molecule is CCOc1ccc(N(CC(=O)NCCCc2ccc(Cl)cc2)S(=O)(=O)c2ccc(Br)cc2)cc1. The fraction of sp³-hybridized carbons (Fsp3) is 0.240. The Kier molecular flexibility index (Phi) is 9.38. The highest BCUT2D eigenvalue weighted by Gasteiger charge is 2.27. The summed E-state index contributed by atoms with van der Waals surface area (Å²) >= 11 is 9.23. The number of hydrogen-bond acceptors (Lipinski definition) is 4. The molecule has 0 atom stereocenters. The summed E-state index contributed by atoms with van der Waals surface area (Å²) in [5.74, 6) is 0.240. The first-order valence-electron chi connectivity index (χ1n) is 10.8. The highest BCUT2D eigenvalue weighted by molar-refractivity contribution is 9.10. The zero-order chi connectivity index (χ0) is 24.6. The van der Waals surface area contributed by atoms with E-state index in [2.05, 4.69) is 21.2 Å². The van der Waals surface area contributed by atoms with Crippen LogP contribution in [0.2, 0.25) is 5.02 Å². The normalized spacial score (nSPS) is 11.1. The van der Waals surface area contributed by atoms with Gasteiger partial charge in [-0.05, 0) is 86.0 Å². The molecule has 180 valence electrons. The molecule has 0 aliphatic heterocycles. The Balaban J connectivity index is 1.71. The molecule has 3 aromatic rings. The van der Waals surface area contributed by atoms with Crippen LogP contribution in [0.15, 0.2) is 82.2 Å². The third kappa shape index (κ3) is 7.22. The molecule has 0 saturated heterocycles. The molecule has 1 amide bonds. The second-order valence-electron chi connectivity index (χ2n) is 7.47. The fourth-order valence-corrected chi connectivity index (χ4v) is 5.09. The molecule has 0 heterocycles. The van der Waals surface area contributed by atoms with Crippen molar-refractivity contribution < 1.29 is 17.9 Å². The minimum atomic E-state index is -3.97. The molecule has 0 bridgehead atoms. The lowest BCUT2D eigenvalue weighted by atomic mass is 10.1. The van der Waals surface area contributed by atoms with Gasteiger partial charge in [0.15, 0.2) is 0 Å². The Labute approximate surface area is 214 Å². The van der Waals surface area contributed by atoms with Crippen LogP contribution in [0.5, 0.6) is 5.75 Å². The van der Waals surface area contributed by atoms with Crippen molar-refractivity contribution in [2.75, 3.05) is 24.0 Å². The van der Waals surface area contributed by atoms with Gasteiger partial charge in [-0.15, -0.1) is 0 Å². The van der Waals surface area contributed by atoms with Gasteiger partial charge in [-0.2, -0.15) is 0 Å². The van der Waals surface area contributed by atoms with Crippen LogP contribution in [0.4, 0.5) is 5.69 Å². The zero-order valence-corrected chi connectivity index (χ0v) is 21.9. The van der Waals surface area contributed by atoms with Crippen LogP contribution >= 0.6 is 27.5 Å². The quantitative estimate of drug-likeness (QED) is 0.314. The van der Waals surface area contributed by atoms with Gasteiger partial charge in [0.2, 0.25) is 5.91 Å². The number of nitrogens with zero attached hydrogens (tertiary/aromatic N) is 1. The Morgan fingerprint density at radius 3 is 2.26 bits per heavy atom. The summed E-state index contributed by atoms with van der Waals surface area (Å²) in [6, 6.07) is 20.5. The van der Waals surface area contributed by atoms with Crippen molar-refractivity contribution in [3.05, 3.63) is 87.9 Å². The average Bonchev–Trinajstić information content (AvgIpc) is 2.82. The van der Waals surface area contributed by atoms with Crippen molar-refractivity contribution in [2.24, 2.45) is 0 Å². The van der Waals surface area contributed by atoms with E-state index in [1.807, 2.05) is 31.2 Å². The second-order valence-corrected chi connectivity index (χ2v) is 10.7. The minimum Gasteiger partial charge on any atom is -0.494 e. The van der Waals surface area contributed by atoms with Crippen molar-refractivity contribution in [3.8, 4) is 5.75 Å². The van der Waals surface area contributed by atoms with Crippen molar-refractivity contribution in [3.63, 3.8) is 0 Å². The fourth-order valence-electron chi connectivity index (χ4n) is 3.28. The number of aryl methyl sites for hydroxylation is 1. The van der Waals surface area contributed by atoms with Gasteiger partial charge >= 0.3 is 0 Å². The molecular formula is C25H26BrClN2O4S. The molecule has 34 heavy (non-hydrogen) atoms. The standard InChI is InChI=1S/C25H26BrClN2O4S/c1-2-33-23-13-11-22(12-14-23)29(34(31,32)24-15-7-20(26)8-16-24)18-25(30)28-17-3-4-19-5-9-21(27)10-6-19/h5-16H,2-4,17-18H2,1H3,(H,28,30). The molecule has 0 aromatic heterocycles. The van der Waals surface area contributed by atoms with E-state index in [4.69, 9.17) is 16.3 Å². The highest BCUT2D eigenvalue weighted by Crippen LogP contribution is 2.26. The summed E-state index contributed by atoms with van der Waals surface area (Å²) < 4.78 is 34.2. The van der Waals surface area contributed by atoms with E-state index in [0.717, 1.165) is 27.2 Å². The van der Waals surface area contributed by atoms with Crippen LogP contribution in [-0.4, -0.2) is 34.0 Å². The number of hydrogen-bond donors (Lipinski definition) is 1. The minimum absolute atomic E-state index is 0.0973. The number of amides is 1. The summed E-state index contributed by atoms with van der Waals surface area (Å²) in [5.41, 5.74) is 1.50. The van der Waals surface area contributed by atoms with E-state index in [1.54, 1.807) is 36.4 Å². The monoisotopic (exact) mass is 564 g/mol. The Morgan fingerprint density at radius 1 is 1.00 bits per heavy atom. The molecule has 3 rings (SSSR count). The first kappa shape index (κ1) is 26.1. The van der Waals surface area contributed by atoms with E-state index in [9.17, 15) is 13.2 Å².